The van der Waals surface area contributed by atoms with Gasteiger partial charge in [-0.2, -0.15) is 0 Å². The summed E-state index contributed by atoms with van der Waals surface area (Å²) in [4.78, 5) is 13.6. The van der Waals surface area contributed by atoms with Crippen molar-refractivity contribution in [3.8, 4) is 0 Å². The molecule has 0 radical (unpaired) electrons. The largest absolute Gasteiger partial charge is 0.337 e. The van der Waals surface area contributed by atoms with E-state index in [1.807, 2.05) is 0 Å². The first kappa shape index (κ1) is 13.0. The van der Waals surface area contributed by atoms with Crippen LogP contribution in [0.3, 0.4) is 0 Å². The van der Waals surface area contributed by atoms with Crippen molar-refractivity contribution in [2.45, 2.75) is 38.3 Å². The Bertz CT molecular complexity index is 461. The van der Waals surface area contributed by atoms with Crippen LogP contribution < -0.4 is 5.73 Å². The van der Waals surface area contributed by atoms with E-state index in [-0.39, 0.29) is 23.8 Å². The number of nitrogens with zero attached hydrogens (tertiary/aromatic N) is 1. The van der Waals surface area contributed by atoms with Crippen LogP contribution in [0.5, 0.6) is 0 Å². The fourth-order valence-corrected chi connectivity index (χ4v) is 2.59. The third kappa shape index (κ3) is 2.38. The zero-order valence-corrected chi connectivity index (χ0v) is 10.8. The Balaban J connectivity index is 2.38. The molecule has 1 aliphatic heterocycles. The normalized spacial score (nSPS) is 25.1. The Morgan fingerprint density at radius 2 is 2.17 bits per heavy atom. The maximum atomic E-state index is 13.3. The van der Waals surface area contributed by atoms with Crippen molar-refractivity contribution >= 4 is 5.91 Å². The van der Waals surface area contributed by atoms with E-state index in [1.165, 1.54) is 6.07 Å². The van der Waals surface area contributed by atoms with Gasteiger partial charge < -0.3 is 10.6 Å². The van der Waals surface area contributed by atoms with E-state index in [2.05, 4.69) is 0 Å². The number of benzene rings is 1. The molecule has 4 heteroatoms. The standard InChI is InChI=1S/C14H19FN2O/c1-9-8-10(6-7-11(9)15)14-12(16)4-3-5-13(18)17(14)2/h6-8,12,14H,3-5,16H2,1-2H3. The number of carbonyl (C=O) groups is 1. The van der Waals surface area contributed by atoms with Gasteiger partial charge in [-0.3, -0.25) is 4.79 Å². The van der Waals surface area contributed by atoms with Gasteiger partial charge in [0.05, 0.1) is 6.04 Å². The third-order valence-corrected chi connectivity index (χ3v) is 3.67. The van der Waals surface area contributed by atoms with Crippen LogP contribution in [-0.4, -0.2) is 23.9 Å². The molecule has 1 amide bonds. The van der Waals surface area contributed by atoms with E-state index in [4.69, 9.17) is 5.73 Å². The number of likely N-dealkylation sites (tertiary alicyclic amines) is 1. The molecule has 2 rings (SSSR count). The molecule has 0 bridgehead atoms. The number of carbonyl (C=O) groups excluding carboxylic acids is 1. The molecule has 3 nitrogen and oxygen atoms in total. The van der Waals surface area contributed by atoms with E-state index in [1.54, 1.807) is 31.0 Å². The summed E-state index contributed by atoms with van der Waals surface area (Å²) < 4.78 is 13.3. The molecular weight excluding hydrogens is 231 g/mol. The first-order chi connectivity index (χ1) is 8.50. The second kappa shape index (κ2) is 5.06. The fourth-order valence-electron chi connectivity index (χ4n) is 2.59. The Morgan fingerprint density at radius 1 is 1.44 bits per heavy atom. The Morgan fingerprint density at radius 3 is 2.83 bits per heavy atom. The average Bonchev–Trinajstić information content (AvgIpc) is 2.44. The predicted molar refractivity (Wildman–Crippen MR) is 68.5 cm³/mol. The molecule has 98 valence electrons. The van der Waals surface area contributed by atoms with Gasteiger partial charge in [0.25, 0.3) is 0 Å². The van der Waals surface area contributed by atoms with Crippen molar-refractivity contribution in [3.63, 3.8) is 0 Å². The van der Waals surface area contributed by atoms with Crippen molar-refractivity contribution in [3.05, 3.63) is 35.1 Å². The fraction of sp³-hybridized carbons (Fsp3) is 0.500. The van der Waals surface area contributed by atoms with Crippen molar-refractivity contribution in [1.29, 1.82) is 0 Å². The number of hydrogen-bond donors (Lipinski definition) is 1. The summed E-state index contributed by atoms with van der Waals surface area (Å²) in [6, 6.07) is 4.71. The summed E-state index contributed by atoms with van der Waals surface area (Å²) in [7, 11) is 1.77. The molecule has 0 spiro atoms. The molecule has 2 atom stereocenters. The van der Waals surface area contributed by atoms with E-state index in [0.717, 1.165) is 18.4 Å². The smallest absolute Gasteiger partial charge is 0.222 e. The highest BCUT2D eigenvalue weighted by molar-refractivity contribution is 5.76. The van der Waals surface area contributed by atoms with Gasteiger partial charge >= 0.3 is 0 Å². The summed E-state index contributed by atoms with van der Waals surface area (Å²) in [5.41, 5.74) is 7.67. The average molecular weight is 250 g/mol. The van der Waals surface area contributed by atoms with Gasteiger partial charge in [0.1, 0.15) is 5.82 Å². The van der Waals surface area contributed by atoms with Crippen LogP contribution in [0.15, 0.2) is 18.2 Å². The van der Waals surface area contributed by atoms with Crippen LogP contribution >= 0.6 is 0 Å². The van der Waals surface area contributed by atoms with Gasteiger partial charge in [0.2, 0.25) is 5.91 Å². The van der Waals surface area contributed by atoms with Crippen molar-refractivity contribution in [1.82, 2.24) is 4.90 Å². The summed E-state index contributed by atoms with van der Waals surface area (Å²) in [5.74, 6) is -0.121. The number of rotatable bonds is 1. The van der Waals surface area contributed by atoms with Crippen LogP contribution in [0.4, 0.5) is 4.39 Å². The molecule has 0 saturated carbocycles. The molecule has 2 N–H and O–H groups in total. The molecule has 1 heterocycles. The van der Waals surface area contributed by atoms with Gasteiger partial charge in [-0.1, -0.05) is 12.1 Å². The first-order valence-corrected chi connectivity index (χ1v) is 6.28. The first-order valence-electron chi connectivity index (χ1n) is 6.28. The molecule has 2 unspecified atom stereocenters. The lowest BCUT2D eigenvalue weighted by molar-refractivity contribution is -0.131. The SMILES string of the molecule is Cc1cc(C2C(N)CCCC(=O)N2C)ccc1F. The highest BCUT2D eigenvalue weighted by Crippen LogP contribution is 2.29. The lowest BCUT2D eigenvalue weighted by atomic mass is 9.95. The predicted octanol–water partition coefficient (Wildman–Crippen LogP) is 2.14. The topological polar surface area (TPSA) is 46.3 Å². The molecule has 1 aromatic carbocycles. The van der Waals surface area contributed by atoms with E-state index in [0.29, 0.717) is 12.0 Å². The Hall–Kier alpha value is -1.42. The Labute approximate surface area is 107 Å². The second-order valence-electron chi connectivity index (χ2n) is 5.01. The van der Waals surface area contributed by atoms with Crippen molar-refractivity contribution < 1.29 is 9.18 Å². The molecule has 1 saturated heterocycles. The van der Waals surface area contributed by atoms with Gasteiger partial charge in [-0.25, -0.2) is 4.39 Å². The van der Waals surface area contributed by atoms with E-state index in [9.17, 15) is 9.18 Å². The third-order valence-electron chi connectivity index (χ3n) is 3.67. The van der Waals surface area contributed by atoms with Crippen LogP contribution in [0.25, 0.3) is 0 Å². The lowest BCUT2D eigenvalue weighted by Gasteiger charge is -2.31. The zero-order valence-electron chi connectivity index (χ0n) is 10.8. The lowest BCUT2D eigenvalue weighted by Crippen LogP contribution is -2.39. The number of amides is 1. The maximum Gasteiger partial charge on any atom is 0.222 e. The number of likely N-dealkylation sites (N-methyl/N-ethyl adjacent to an activating group) is 1. The molecule has 1 aliphatic rings. The molecule has 0 aliphatic carbocycles. The molecule has 1 fully saturated rings. The summed E-state index contributed by atoms with van der Waals surface area (Å²) in [6.45, 7) is 1.73. The van der Waals surface area contributed by atoms with E-state index >= 15 is 0 Å². The van der Waals surface area contributed by atoms with Crippen molar-refractivity contribution in [2.75, 3.05) is 7.05 Å². The Kier molecular flexibility index (Phi) is 3.66. The van der Waals surface area contributed by atoms with Gasteiger partial charge in [0, 0.05) is 19.5 Å². The number of halogens is 1. The van der Waals surface area contributed by atoms with Crippen LogP contribution in [0.2, 0.25) is 0 Å². The van der Waals surface area contributed by atoms with Crippen LogP contribution in [0.1, 0.15) is 36.4 Å². The molecular formula is C14H19FN2O. The van der Waals surface area contributed by atoms with Gasteiger partial charge in [-0.05, 0) is 37.0 Å². The zero-order chi connectivity index (χ0) is 13.3. The number of hydrogen-bond acceptors (Lipinski definition) is 2. The van der Waals surface area contributed by atoms with Crippen LogP contribution in [-0.2, 0) is 4.79 Å². The summed E-state index contributed by atoms with van der Waals surface area (Å²) in [6.07, 6.45) is 2.18. The summed E-state index contributed by atoms with van der Waals surface area (Å²) in [5, 5.41) is 0. The number of nitrogens with two attached hydrogens (primary N) is 1. The highest BCUT2D eigenvalue weighted by Gasteiger charge is 2.30. The molecule has 0 aromatic heterocycles. The van der Waals surface area contributed by atoms with Gasteiger partial charge in [-0.15, -0.1) is 0 Å². The summed E-state index contributed by atoms with van der Waals surface area (Å²) >= 11 is 0. The number of aryl methyl sites for hydroxylation is 1. The van der Waals surface area contributed by atoms with Crippen molar-refractivity contribution in [2.24, 2.45) is 5.73 Å². The monoisotopic (exact) mass is 250 g/mol. The highest BCUT2D eigenvalue weighted by atomic mass is 19.1. The van der Waals surface area contributed by atoms with Gasteiger partial charge in [0.15, 0.2) is 0 Å². The maximum absolute atomic E-state index is 13.3. The minimum absolute atomic E-state index is 0.0914. The molecule has 1 aromatic rings. The quantitative estimate of drug-likeness (QED) is 0.830. The minimum Gasteiger partial charge on any atom is -0.337 e. The van der Waals surface area contributed by atoms with Crippen LogP contribution in [0, 0.1) is 12.7 Å². The van der Waals surface area contributed by atoms with E-state index < -0.39 is 0 Å². The molecule has 18 heavy (non-hydrogen) atoms. The minimum atomic E-state index is -0.227. The second-order valence-corrected chi connectivity index (χ2v) is 5.01.